The Morgan fingerprint density at radius 2 is 1.39 bits per heavy atom. The molecule has 0 bridgehead atoms. The minimum Gasteiger partial charge on any atom is -0.494 e. The first-order valence-electron chi connectivity index (χ1n) is 19.8. The Labute approximate surface area is 322 Å². The molecular formula is C45H60N4O5. The lowest BCUT2D eigenvalue weighted by molar-refractivity contribution is -0.119. The molecule has 0 saturated heterocycles. The number of anilines is 1. The summed E-state index contributed by atoms with van der Waals surface area (Å²) in [6.07, 6.45) is 6.73. The van der Waals surface area contributed by atoms with Crippen LogP contribution in [-0.4, -0.2) is 59.7 Å². The third-order valence-electron chi connectivity index (χ3n) is 11.0. The van der Waals surface area contributed by atoms with Crippen molar-refractivity contribution >= 4 is 17.4 Å². The van der Waals surface area contributed by atoms with Crippen LogP contribution in [0.3, 0.4) is 0 Å². The fraction of sp³-hybridized carbons (Fsp3) is 0.511. The molecule has 0 saturated carbocycles. The van der Waals surface area contributed by atoms with E-state index in [1.807, 2.05) is 70.2 Å². The van der Waals surface area contributed by atoms with E-state index < -0.39 is 0 Å². The molecule has 0 aliphatic carbocycles. The summed E-state index contributed by atoms with van der Waals surface area (Å²) in [7, 11) is 0. The maximum absolute atomic E-state index is 13.8. The van der Waals surface area contributed by atoms with E-state index in [9.17, 15) is 9.59 Å². The molecule has 290 valence electrons. The summed E-state index contributed by atoms with van der Waals surface area (Å²) < 4.78 is 19.5. The van der Waals surface area contributed by atoms with E-state index in [4.69, 9.17) is 14.2 Å². The van der Waals surface area contributed by atoms with Gasteiger partial charge in [-0.25, -0.2) is 4.68 Å². The van der Waals surface area contributed by atoms with E-state index in [1.165, 1.54) is 0 Å². The van der Waals surface area contributed by atoms with Crippen molar-refractivity contribution in [2.24, 2.45) is 10.8 Å². The highest BCUT2D eigenvalue weighted by Gasteiger charge is 2.29. The van der Waals surface area contributed by atoms with Crippen molar-refractivity contribution in [3.63, 3.8) is 0 Å². The second kappa shape index (κ2) is 19.3. The van der Waals surface area contributed by atoms with Gasteiger partial charge in [-0.15, -0.1) is 5.10 Å². The monoisotopic (exact) mass is 736 g/mol. The smallest absolute Gasteiger partial charge is 0.227 e. The molecule has 5 rings (SSSR count). The van der Waals surface area contributed by atoms with Gasteiger partial charge in [-0.1, -0.05) is 102 Å². The van der Waals surface area contributed by atoms with Gasteiger partial charge < -0.3 is 19.1 Å². The fourth-order valence-corrected chi connectivity index (χ4v) is 6.56. The van der Waals surface area contributed by atoms with Crippen molar-refractivity contribution in [1.29, 1.82) is 0 Å². The molecule has 1 aliphatic rings. The molecule has 1 aliphatic heterocycles. The first-order chi connectivity index (χ1) is 26.0. The molecule has 1 aromatic heterocycles. The third-order valence-corrected chi connectivity index (χ3v) is 11.0. The molecule has 2 heterocycles. The zero-order chi connectivity index (χ0) is 38.6. The molecule has 0 radical (unpaired) electrons. The summed E-state index contributed by atoms with van der Waals surface area (Å²) in [4.78, 5) is 28.4. The quantitative estimate of drug-likeness (QED) is 0.0621. The third kappa shape index (κ3) is 11.1. The molecule has 3 aromatic carbocycles. The van der Waals surface area contributed by atoms with Crippen LogP contribution in [-0.2, 0) is 27.4 Å². The second-order valence-electron chi connectivity index (χ2n) is 15.9. The van der Waals surface area contributed by atoms with Crippen LogP contribution in [0.4, 0.5) is 5.69 Å². The zero-order valence-corrected chi connectivity index (χ0v) is 33.4. The normalized spacial score (nSPS) is 12.7. The topological polar surface area (TPSA) is 95.8 Å². The Hall–Kier alpha value is -4.34. The van der Waals surface area contributed by atoms with Gasteiger partial charge in [0, 0.05) is 36.1 Å². The molecule has 54 heavy (non-hydrogen) atoms. The lowest BCUT2D eigenvalue weighted by atomic mass is 9.85. The number of hydrogen-bond acceptors (Lipinski definition) is 7. The van der Waals surface area contributed by atoms with Gasteiger partial charge in [0.05, 0.1) is 50.9 Å². The molecule has 0 fully saturated rings. The molecule has 0 N–H and O–H groups in total. The Bertz CT molecular complexity index is 1810. The SMILES string of the molecule is CCC(C)(C)CCCOc1ccc(C(=O)CCCOCCOCCn2nnc3c2-c2ccccc2CN(C(=O)CCC(C)(C)CC)c2ccccc2-3)cc1. The van der Waals surface area contributed by atoms with E-state index in [0.29, 0.717) is 76.4 Å². The van der Waals surface area contributed by atoms with Crippen molar-refractivity contribution in [3.8, 4) is 28.3 Å². The number of ether oxygens (including phenoxy) is 3. The number of carbonyl (C=O) groups excluding carboxylic acids is 2. The standard InChI is InChI=1S/C45H60N4O5/c1-7-44(3,4)25-14-29-54-36-22-20-34(21-23-36)40(50)19-13-28-52-31-32-53-30-27-49-43-37-16-10-9-15-35(37)33-48(41(51)24-26-45(5,6)8-2)39-18-12-11-17-38(39)42(43)46-47-49/h9-12,15-18,20-23H,7-8,13-14,19,24-33H2,1-6H3. The van der Waals surface area contributed by atoms with Crippen molar-refractivity contribution < 1.29 is 23.8 Å². The number of hydrogen-bond donors (Lipinski definition) is 0. The van der Waals surface area contributed by atoms with Gasteiger partial charge in [0.2, 0.25) is 5.91 Å². The van der Waals surface area contributed by atoms with Crippen molar-refractivity contribution in [2.45, 2.75) is 106 Å². The van der Waals surface area contributed by atoms with Crippen LogP contribution in [0.1, 0.15) is 109 Å². The molecule has 9 heteroatoms. The summed E-state index contributed by atoms with van der Waals surface area (Å²) in [5.74, 6) is 1.02. The number of nitrogens with zero attached hydrogens (tertiary/aromatic N) is 4. The van der Waals surface area contributed by atoms with E-state index in [1.54, 1.807) is 0 Å². The van der Waals surface area contributed by atoms with Crippen LogP contribution in [0, 0.1) is 10.8 Å². The van der Waals surface area contributed by atoms with E-state index in [0.717, 1.165) is 71.6 Å². The zero-order valence-electron chi connectivity index (χ0n) is 33.4. The number of para-hydroxylation sites is 1. The van der Waals surface area contributed by atoms with E-state index in [-0.39, 0.29) is 17.1 Å². The Morgan fingerprint density at radius 3 is 2.13 bits per heavy atom. The largest absolute Gasteiger partial charge is 0.494 e. The molecular weight excluding hydrogens is 677 g/mol. The van der Waals surface area contributed by atoms with Gasteiger partial charge in [-0.3, -0.25) is 9.59 Å². The average Bonchev–Trinajstić information content (AvgIpc) is 3.59. The number of aromatic nitrogens is 3. The summed E-state index contributed by atoms with van der Waals surface area (Å²) >= 11 is 0. The Kier molecular flexibility index (Phi) is 14.6. The average molecular weight is 737 g/mol. The maximum Gasteiger partial charge on any atom is 0.227 e. The van der Waals surface area contributed by atoms with Gasteiger partial charge in [-0.05, 0) is 72.4 Å². The number of Topliss-reactive ketones (excluding diaryl/α,β-unsaturated/α-hetero) is 1. The molecule has 0 unspecified atom stereocenters. The minimum atomic E-state index is 0.105. The van der Waals surface area contributed by atoms with E-state index >= 15 is 0 Å². The maximum atomic E-state index is 13.8. The molecule has 0 atom stereocenters. The van der Waals surface area contributed by atoms with Gasteiger partial charge in [-0.2, -0.15) is 0 Å². The van der Waals surface area contributed by atoms with E-state index in [2.05, 4.69) is 64.0 Å². The van der Waals surface area contributed by atoms with Crippen LogP contribution in [0.15, 0.2) is 72.8 Å². The second-order valence-corrected chi connectivity index (χ2v) is 15.9. The summed E-state index contributed by atoms with van der Waals surface area (Å²) in [6.45, 7) is 16.9. The van der Waals surface area contributed by atoms with Gasteiger partial charge in [0.15, 0.2) is 5.78 Å². The fourth-order valence-electron chi connectivity index (χ4n) is 6.56. The number of carbonyl (C=O) groups is 2. The van der Waals surface area contributed by atoms with Gasteiger partial charge in [0.1, 0.15) is 11.4 Å². The Balaban J connectivity index is 1.08. The number of fused-ring (bicyclic) bond motifs is 5. The molecule has 0 spiro atoms. The van der Waals surface area contributed by atoms with Crippen LogP contribution in [0.5, 0.6) is 5.75 Å². The predicted molar refractivity (Wildman–Crippen MR) is 216 cm³/mol. The summed E-state index contributed by atoms with van der Waals surface area (Å²) in [6, 6.07) is 23.7. The lowest BCUT2D eigenvalue weighted by Gasteiger charge is -2.30. The molecule has 9 nitrogen and oxygen atoms in total. The van der Waals surface area contributed by atoms with Crippen molar-refractivity contribution in [3.05, 3.63) is 83.9 Å². The first kappa shape index (κ1) is 40.8. The van der Waals surface area contributed by atoms with Gasteiger partial charge >= 0.3 is 0 Å². The number of benzene rings is 3. The lowest BCUT2D eigenvalue weighted by Crippen LogP contribution is -2.32. The Morgan fingerprint density at radius 1 is 0.722 bits per heavy atom. The number of rotatable bonds is 21. The highest BCUT2D eigenvalue weighted by Crippen LogP contribution is 2.41. The number of ketones is 1. The highest BCUT2D eigenvalue weighted by atomic mass is 16.5. The van der Waals surface area contributed by atoms with Crippen LogP contribution < -0.4 is 9.64 Å². The van der Waals surface area contributed by atoms with Crippen LogP contribution in [0.25, 0.3) is 22.5 Å². The first-order valence-corrected chi connectivity index (χ1v) is 19.8. The van der Waals surface area contributed by atoms with Gasteiger partial charge in [0.25, 0.3) is 0 Å². The summed E-state index contributed by atoms with van der Waals surface area (Å²) in [5, 5.41) is 9.24. The van der Waals surface area contributed by atoms with Crippen molar-refractivity contribution in [1.82, 2.24) is 15.0 Å². The highest BCUT2D eigenvalue weighted by molar-refractivity contribution is 6.00. The number of amides is 1. The minimum absolute atomic E-state index is 0.105. The predicted octanol–water partition coefficient (Wildman–Crippen LogP) is 9.97. The van der Waals surface area contributed by atoms with Crippen LogP contribution >= 0.6 is 0 Å². The summed E-state index contributed by atoms with van der Waals surface area (Å²) in [5.41, 5.74) is 6.65. The van der Waals surface area contributed by atoms with Crippen LogP contribution in [0.2, 0.25) is 0 Å². The molecule has 1 amide bonds. The van der Waals surface area contributed by atoms with Crippen molar-refractivity contribution in [2.75, 3.05) is 37.9 Å². The molecule has 4 aromatic rings.